The van der Waals surface area contributed by atoms with E-state index in [1.165, 1.54) is 0 Å². The van der Waals surface area contributed by atoms with E-state index in [-0.39, 0.29) is 5.91 Å². The van der Waals surface area contributed by atoms with Crippen LogP contribution in [0.15, 0.2) is 54.6 Å². The van der Waals surface area contributed by atoms with Gasteiger partial charge in [0, 0.05) is 23.7 Å². The molecule has 0 bridgehead atoms. The highest BCUT2D eigenvalue weighted by molar-refractivity contribution is 7.92. The smallest absolute Gasteiger partial charge is 0.256 e. The molecule has 1 N–H and O–H groups in total. The van der Waals surface area contributed by atoms with Crippen LogP contribution in [0.5, 0.6) is 0 Å². The minimum absolute atomic E-state index is 0.232. The van der Waals surface area contributed by atoms with Gasteiger partial charge in [-0.2, -0.15) is 9.40 Å². The van der Waals surface area contributed by atoms with E-state index in [1.54, 1.807) is 58.7 Å². The van der Waals surface area contributed by atoms with Crippen molar-refractivity contribution in [1.82, 2.24) is 9.78 Å². The Morgan fingerprint density at radius 2 is 1.93 bits per heavy atom. The van der Waals surface area contributed by atoms with Crippen LogP contribution < -0.4 is 9.62 Å². The lowest BCUT2D eigenvalue weighted by atomic mass is 10.1. The molecule has 0 saturated heterocycles. The Hall–Kier alpha value is -2.48. The molecule has 0 aliphatic heterocycles. The van der Waals surface area contributed by atoms with Crippen LogP contribution >= 0.6 is 11.6 Å². The molecule has 0 radical (unpaired) electrons. The van der Waals surface area contributed by atoms with Gasteiger partial charge in [0.1, 0.15) is 12.1 Å². The van der Waals surface area contributed by atoms with Gasteiger partial charge in [0.05, 0.1) is 29.3 Å². The number of nitrogens with one attached hydrogen (secondary N) is 1. The summed E-state index contributed by atoms with van der Waals surface area (Å²) in [5.74, 6) is 0.395. The first-order chi connectivity index (χ1) is 13.3. The van der Waals surface area contributed by atoms with E-state index in [2.05, 4.69) is 10.4 Å². The summed E-state index contributed by atoms with van der Waals surface area (Å²) in [5.41, 5.74) is 2.96. The quantitative estimate of drug-likeness (QED) is 0.618. The maximum Gasteiger partial charge on any atom is 0.256 e. The van der Waals surface area contributed by atoms with Gasteiger partial charge in [0.15, 0.2) is 0 Å². The van der Waals surface area contributed by atoms with Gasteiger partial charge in [0.25, 0.3) is 5.91 Å². The molecule has 1 unspecified atom stereocenters. The minimum Gasteiger partial charge on any atom is -0.593 e. The summed E-state index contributed by atoms with van der Waals surface area (Å²) in [6.45, 7) is 2.27. The number of hydrogen-bond donors (Lipinski definition) is 1. The molecule has 0 aliphatic carbocycles. The number of carbonyl (C=O) groups excluding carboxylic acids is 1. The first-order valence-electron chi connectivity index (χ1n) is 8.61. The van der Waals surface area contributed by atoms with E-state index >= 15 is 0 Å². The highest BCUT2D eigenvalue weighted by atomic mass is 35.5. The van der Waals surface area contributed by atoms with Gasteiger partial charge >= 0.3 is 0 Å². The van der Waals surface area contributed by atoms with Crippen molar-refractivity contribution >= 4 is 40.4 Å². The highest BCUT2D eigenvalue weighted by Crippen LogP contribution is 2.24. The molecule has 1 heterocycles. The Balaban J connectivity index is 1.76. The molecular formula is C20H21ClN4O2S. The lowest BCUT2D eigenvalue weighted by molar-refractivity contribution is 0.102. The predicted octanol–water partition coefficient (Wildman–Crippen LogP) is 3.93. The van der Waals surface area contributed by atoms with E-state index < -0.39 is 11.4 Å². The molecule has 146 valence electrons. The molecule has 1 atom stereocenters. The summed E-state index contributed by atoms with van der Waals surface area (Å²) in [5, 5.41) is 7.67. The van der Waals surface area contributed by atoms with E-state index in [1.807, 2.05) is 25.1 Å². The summed E-state index contributed by atoms with van der Waals surface area (Å²) < 4.78 is 15.6. The molecule has 28 heavy (non-hydrogen) atoms. The Bertz CT molecular complexity index is 973. The molecule has 1 aromatic heterocycles. The topological polar surface area (TPSA) is 73.2 Å². The summed E-state index contributed by atoms with van der Waals surface area (Å²) in [6, 6.07) is 16.2. The van der Waals surface area contributed by atoms with Crippen molar-refractivity contribution < 1.29 is 9.35 Å². The molecule has 0 spiro atoms. The number of anilines is 2. The van der Waals surface area contributed by atoms with Crippen LogP contribution in [0.4, 0.5) is 11.5 Å². The van der Waals surface area contributed by atoms with Crippen molar-refractivity contribution in [2.24, 2.45) is 7.05 Å². The number of amides is 1. The van der Waals surface area contributed by atoms with Crippen LogP contribution in [0, 0.1) is 6.92 Å². The third kappa shape index (κ3) is 4.67. The fraction of sp³-hybridized carbons (Fsp3) is 0.200. The van der Waals surface area contributed by atoms with E-state index in [0.29, 0.717) is 22.9 Å². The van der Waals surface area contributed by atoms with Gasteiger partial charge in [-0.1, -0.05) is 29.8 Å². The molecule has 8 heteroatoms. The summed E-state index contributed by atoms with van der Waals surface area (Å²) in [7, 11) is 1.77. The van der Waals surface area contributed by atoms with E-state index in [4.69, 9.17) is 11.6 Å². The van der Waals surface area contributed by atoms with E-state index in [9.17, 15) is 9.35 Å². The van der Waals surface area contributed by atoms with Gasteiger partial charge in [-0.25, -0.2) is 0 Å². The van der Waals surface area contributed by atoms with Crippen LogP contribution in [0.1, 0.15) is 21.6 Å². The second-order valence-corrected chi connectivity index (χ2v) is 8.04. The highest BCUT2D eigenvalue weighted by Gasteiger charge is 2.19. The van der Waals surface area contributed by atoms with Gasteiger partial charge in [-0.05, 0) is 42.8 Å². The Labute approximate surface area is 172 Å². The molecule has 3 rings (SSSR count). The normalized spacial score (nSPS) is 11.9. The number of hydrogen-bond acceptors (Lipinski definition) is 4. The number of nitrogens with zero attached hydrogens (tertiary/aromatic N) is 3. The number of carbonyl (C=O) groups is 1. The molecule has 0 fully saturated rings. The summed E-state index contributed by atoms with van der Waals surface area (Å²) in [4.78, 5) is 12.5. The zero-order chi connectivity index (χ0) is 20.3. The standard InChI is InChI=1S/C20H21ClN4O2S/c1-14-12-19(24(2)23-14)22-20(26)15-8-10-17(11-9-15)25(28(3)27)13-16-6-4-5-7-18(16)21/h4-12H,13H2,1-3H3,(H,22,26). The SMILES string of the molecule is Cc1cc(NC(=O)c2ccc(N(Cc3ccccc3Cl)[S+](C)[O-])cc2)n(C)n1. The van der Waals surface area contributed by atoms with Crippen molar-refractivity contribution in [2.45, 2.75) is 13.5 Å². The Morgan fingerprint density at radius 3 is 2.50 bits per heavy atom. The van der Waals surface area contributed by atoms with Crippen molar-refractivity contribution in [3.8, 4) is 0 Å². The van der Waals surface area contributed by atoms with Crippen molar-refractivity contribution in [3.05, 3.63) is 76.4 Å². The van der Waals surface area contributed by atoms with Gasteiger partial charge in [0.2, 0.25) is 0 Å². The fourth-order valence-electron chi connectivity index (χ4n) is 2.81. The third-order valence-corrected chi connectivity index (χ3v) is 5.57. The number of rotatable bonds is 6. The molecule has 0 saturated carbocycles. The predicted molar refractivity (Wildman–Crippen MR) is 114 cm³/mol. The second kappa shape index (κ2) is 8.68. The van der Waals surface area contributed by atoms with Crippen LogP contribution in [-0.4, -0.2) is 26.5 Å². The molecule has 3 aromatic rings. The average molecular weight is 417 g/mol. The maximum atomic E-state index is 12.5. The largest absolute Gasteiger partial charge is 0.593 e. The summed E-state index contributed by atoms with van der Waals surface area (Å²) in [6.07, 6.45) is 1.61. The first kappa shape index (κ1) is 20.3. The Kier molecular flexibility index (Phi) is 6.28. The lowest BCUT2D eigenvalue weighted by Gasteiger charge is -2.24. The van der Waals surface area contributed by atoms with E-state index in [0.717, 1.165) is 16.9 Å². The molecule has 2 aromatic carbocycles. The van der Waals surface area contributed by atoms with Crippen molar-refractivity contribution in [1.29, 1.82) is 0 Å². The maximum absolute atomic E-state index is 12.5. The van der Waals surface area contributed by atoms with Crippen molar-refractivity contribution in [2.75, 3.05) is 15.9 Å². The molecular weight excluding hydrogens is 396 g/mol. The molecule has 6 nitrogen and oxygen atoms in total. The number of aromatic nitrogens is 2. The fourth-order valence-corrected chi connectivity index (χ4v) is 3.74. The van der Waals surface area contributed by atoms with Gasteiger partial charge < -0.3 is 9.87 Å². The lowest BCUT2D eigenvalue weighted by Crippen LogP contribution is -2.29. The van der Waals surface area contributed by atoms with Crippen LogP contribution in [0.3, 0.4) is 0 Å². The first-order valence-corrected chi connectivity index (χ1v) is 10.5. The molecule has 0 aliphatic rings. The number of halogens is 1. The van der Waals surface area contributed by atoms with Gasteiger partial charge in [-0.3, -0.25) is 9.48 Å². The molecule has 1 amide bonds. The monoisotopic (exact) mass is 416 g/mol. The van der Waals surface area contributed by atoms with Crippen LogP contribution in [0.25, 0.3) is 0 Å². The third-order valence-electron chi connectivity index (χ3n) is 4.24. The van der Waals surface area contributed by atoms with Crippen LogP contribution in [0.2, 0.25) is 5.02 Å². The van der Waals surface area contributed by atoms with Crippen LogP contribution in [-0.2, 0) is 25.0 Å². The average Bonchev–Trinajstić information content (AvgIpc) is 2.98. The summed E-state index contributed by atoms with van der Waals surface area (Å²) >= 11 is 4.98. The minimum atomic E-state index is -1.25. The van der Waals surface area contributed by atoms with Gasteiger partial charge in [-0.15, -0.1) is 0 Å². The second-order valence-electron chi connectivity index (χ2n) is 6.35. The number of aryl methyl sites for hydroxylation is 2. The Morgan fingerprint density at radius 1 is 1.25 bits per heavy atom. The van der Waals surface area contributed by atoms with Crippen molar-refractivity contribution in [3.63, 3.8) is 0 Å². The number of benzene rings is 2. The zero-order valence-corrected chi connectivity index (χ0v) is 17.4. The zero-order valence-electron chi connectivity index (χ0n) is 15.8.